The van der Waals surface area contributed by atoms with Crippen LogP contribution in [0, 0.1) is 17.8 Å². The summed E-state index contributed by atoms with van der Waals surface area (Å²) in [4.78, 5) is 0. The Kier molecular flexibility index (Phi) is 2.99. The van der Waals surface area contributed by atoms with Crippen LogP contribution in [0.1, 0.15) is 12.8 Å². The van der Waals surface area contributed by atoms with Gasteiger partial charge in [-0.2, -0.15) is 0 Å². The predicted molar refractivity (Wildman–Crippen MR) is 53.1 cm³/mol. The summed E-state index contributed by atoms with van der Waals surface area (Å²) in [6, 6.07) is 0. The van der Waals surface area contributed by atoms with Gasteiger partial charge in [-0.25, -0.2) is 8.42 Å². The number of hydrogen-bond donors (Lipinski definition) is 1. The zero-order valence-electron chi connectivity index (χ0n) is 7.84. The molecule has 1 saturated heterocycles. The van der Waals surface area contributed by atoms with Crippen molar-refractivity contribution in [3.8, 4) is 12.3 Å². The Morgan fingerprint density at radius 3 is 2.69 bits per heavy atom. The van der Waals surface area contributed by atoms with Crippen LogP contribution >= 0.6 is 0 Å². The van der Waals surface area contributed by atoms with Gasteiger partial charge in [-0.05, 0) is 13.5 Å². The number of nitrogens with one attached hydrogen (secondary N) is 1. The van der Waals surface area contributed by atoms with Crippen LogP contribution < -0.4 is 5.32 Å². The summed E-state index contributed by atoms with van der Waals surface area (Å²) in [5.74, 6) is 3.10. The monoisotopic (exact) mass is 201 g/mol. The van der Waals surface area contributed by atoms with E-state index in [1.54, 1.807) is 0 Å². The Labute approximate surface area is 79.8 Å². The number of terminal acetylenes is 1. The summed E-state index contributed by atoms with van der Waals surface area (Å²) in [6.45, 7) is 0.691. The highest BCUT2D eigenvalue weighted by Crippen LogP contribution is 2.34. The molecule has 4 heteroatoms. The molecule has 74 valence electrons. The minimum Gasteiger partial charge on any atom is -0.319 e. The molecule has 0 aliphatic carbocycles. The molecule has 0 amide bonds. The minimum absolute atomic E-state index is 0.206. The third-order valence-electron chi connectivity index (χ3n) is 2.50. The third-order valence-corrected chi connectivity index (χ3v) is 4.38. The lowest BCUT2D eigenvalue weighted by atomic mass is 9.84. The van der Waals surface area contributed by atoms with Crippen molar-refractivity contribution in [2.75, 3.05) is 25.1 Å². The van der Waals surface area contributed by atoms with Crippen molar-refractivity contribution in [1.82, 2.24) is 5.32 Å². The van der Waals surface area contributed by atoms with Gasteiger partial charge in [0.2, 0.25) is 0 Å². The first kappa shape index (κ1) is 10.6. The summed E-state index contributed by atoms with van der Waals surface area (Å²) in [5.41, 5.74) is -0.206. The molecule has 0 saturated carbocycles. The van der Waals surface area contributed by atoms with E-state index in [0.29, 0.717) is 19.4 Å². The minimum atomic E-state index is -2.83. The van der Waals surface area contributed by atoms with Gasteiger partial charge in [0.05, 0.1) is 11.5 Å². The van der Waals surface area contributed by atoms with E-state index in [4.69, 9.17) is 6.42 Å². The van der Waals surface area contributed by atoms with E-state index in [0.717, 1.165) is 0 Å². The van der Waals surface area contributed by atoms with Crippen LogP contribution in [-0.4, -0.2) is 33.5 Å². The highest BCUT2D eigenvalue weighted by molar-refractivity contribution is 7.91. The Morgan fingerprint density at radius 1 is 1.62 bits per heavy atom. The zero-order chi connectivity index (χ0) is 9.95. The quantitative estimate of drug-likeness (QED) is 0.655. The molecule has 0 spiro atoms. The standard InChI is InChI=1S/C9H15NO2S/c1-3-4-9(7-10-2)5-6-13(11,12)8-9/h1,10H,4-8H2,2H3. The fourth-order valence-corrected chi connectivity index (χ4v) is 4.09. The first-order chi connectivity index (χ1) is 6.04. The highest BCUT2D eigenvalue weighted by atomic mass is 32.2. The summed E-state index contributed by atoms with van der Waals surface area (Å²) in [5, 5.41) is 3.01. The van der Waals surface area contributed by atoms with E-state index in [2.05, 4.69) is 11.2 Å². The second kappa shape index (κ2) is 3.69. The maximum atomic E-state index is 11.3. The molecule has 0 aromatic rings. The molecular weight excluding hydrogens is 186 g/mol. The molecule has 0 radical (unpaired) electrons. The van der Waals surface area contributed by atoms with Crippen LogP contribution in [0.5, 0.6) is 0 Å². The maximum Gasteiger partial charge on any atom is 0.150 e. The molecule has 3 nitrogen and oxygen atoms in total. The van der Waals surface area contributed by atoms with Gasteiger partial charge < -0.3 is 5.32 Å². The molecule has 1 fully saturated rings. The number of hydrogen-bond acceptors (Lipinski definition) is 3. The third kappa shape index (κ3) is 2.45. The fourth-order valence-electron chi connectivity index (χ4n) is 1.92. The van der Waals surface area contributed by atoms with Gasteiger partial charge in [-0.3, -0.25) is 0 Å². The molecule has 1 N–H and O–H groups in total. The molecule has 0 bridgehead atoms. The van der Waals surface area contributed by atoms with Crippen LogP contribution in [0.25, 0.3) is 0 Å². The zero-order valence-corrected chi connectivity index (χ0v) is 8.65. The Bertz CT molecular complexity index is 315. The van der Waals surface area contributed by atoms with E-state index in [9.17, 15) is 8.42 Å². The average Bonchev–Trinajstić information content (AvgIpc) is 2.28. The topological polar surface area (TPSA) is 46.2 Å². The molecule has 0 aromatic heterocycles. The van der Waals surface area contributed by atoms with Crippen molar-refractivity contribution in [1.29, 1.82) is 0 Å². The lowest BCUT2D eigenvalue weighted by Crippen LogP contribution is -2.33. The largest absolute Gasteiger partial charge is 0.319 e. The van der Waals surface area contributed by atoms with E-state index in [-0.39, 0.29) is 16.9 Å². The first-order valence-corrected chi connectivity index (χ1v) is 6.14. The normalized spacial score (nSPS) is 31.4. The summed E-state index contributed by atoms with van der Waals surface area (Å²) < 4.78 is 22.6. The van der Waals surface area contributed by atoms with Crippen LogP contribution in [0.3, 0.4) is 0 Å². The van der Waals surface area contributed by atoms with Gasteiger partial charge in [0.1, 0.15) is 0 Å². The SMILES string of the molecule is C#CCC1(CNC)CCS(=O)(=O)C1. The molecule has 0 aromatic carbocycles. The van der Waals surface area contributed by atoms with E-state index < -0.39 is 9.84 Å². The Morgan fingerprint density at radius 2 is 2.31 bits per heavy atom. The molecule has 1 atom stereocenters. The van der Waals surface area contributed by atoms with E-state index >= 15 is 0 Å². The molecule has 1 aliphatic rings. The van der Waals surface area contributed by atoms with Gasteiger partial charge in [0.25, 0.3) is 0 Å². The molecule has 13 heavy (non-hydrogen) atoms. The molecule has 1 aliphatic heterocycles. The van der Waals surface area contributed by atoms with E-state index in [1.807, 2.05) is 7.05 Å². The van der Waals surface area contributed by atoms with Crippen LogP contribution in [0.2, 0.25) is 0 Å². The predicted octanol–water partition coefficient (Wildman–Crippen LogP) is 0.0340. The fraction of sp³-hybridized carbons (Fsp3) is 0.778. The molecular formula is C9H15NO2S. The summed E-state index contributed by atoms with van der Waals surface area (Å²) in [7, 11) is -1.01. The lowest BCUT2D eigenvalue weighted by molar-refractivity contribution is 0.333. The van der Waals surface area contributed by atoms with Crippen molar-refractivity contribution in [3.05, 3.63) is 0 Å². The van der Waals surface area contributed by atoms with Gasteiger partial charge in [-0.1, -0.05) is 0 Å². The number of rotatable bonds is 3. The molecule has 1 unspecified atom stereocenters. The first-order valence-electron chi connectivity index (χ1n) is 4.32. The van der Waals surface area contributed by atoms with Crippen LogP contribution in [0.4, 0.5) is 0 Å². The Balaban J connectivity index is 2.78. The second-order valence-corrected chi connectivity index (χ2v) is 5.94. The highest BCUT2D eigenvalue weighted by Gasteiger charge is 2.40. The smallest absolute Gasteiger partial charge is 0.150 e. The van der Waals surface area contributed by atoms with Crippen LogP contribution in [-0.2, 0) is 9.84 Å². The van der Waals surface area contributed by atoms with Crippen molar-refractivity contribution in [3.63, 3.8) is 0 Å². The average molecular weight is 201 g/mol. The summed E-state index contributed by atoms with van der Waals surface area (Å²) in [6.07, 6.45) is 6.48. The summed E-state index contributed by atoms with van der Waals surface area (Å²) >= 11 is 0. The van der Waals surface area contributed by atoms with Crippen molar-refractivity contribution < 1.29 is 8.42 Å². The maximum absolute atomic E-state index is 11.3. The van der Waals surface area contributed by atoms with Crippen molar-refractivity contribution in [2.45, 2.75) is 12.8 Å². The number of sulfone groups is 1. The van der Waals surface area contributed by atoms with Gasteiger partial charge in [-0.15, -0.1) is 12.3 Å². The van der Waals surface area contributed by atoms with Gasteiger partial charge in [0, 0.05) is 18.4 Å². The van der Waals surface area contributed by atoms with Crippen LogP contribution in [0.15, 0.2) is 0 Å². The van der Waals surface area contributed by atoms with Crippen molar-refractivity contribution >= 4 is 9.84 Å². The van der Waals surface area contributed by atoms with Gasteiger partial charge in [0.15, 0.2) is 9.84 Å². The van der Waals surface area contributed by atoms with E-state index in [1.165, 1.54) is 0 Å². The Hall–Kier alpha value is -0.530. The molecule has 1 heterocycles. The molecule has 1 rings (SSSR count). The van der Waals surface area contributed by atoms with Gasteiger partial charge >= 0.3 is 0 Å². The lowest BCUT2D eigenvalue weighted by Gasteiger charge is -2.24. The second-order valence-electron chi connectivity index (χ2n) is 3.75. The van der Waals surface area contributed by atoms with Crippen molar-refractivity contribution in [2.24, 2.45) is 5.41 Å².